The molecular weight excluding hydrogens is 380 g/mol. The van der Waals surface area contributed by atoms with Crippen LogP contribution in [0.1, 0.15) is 34.5 Å². The van der Waals surface area contributed by atoms with E-state index in [1.165, 1.54) is 0 Å². The van der Waals surface area contributed by atoms with Crippen molar-refractivity contribution in [3.63, 3.8) is 0 Å². The van der Waals surface area contributed by atoms with Crippen molar-refractivity contribution in [2.24, 2.45) is 7.05 Å². The van der Waals surface area contributed by atoms with Gasteiger partial charge in [-0.15, -0.1) is 0 Å². The quantitative estimate of drug-likeness (QED) is 0.556. The van der Waals surface area contributed by atoms with Crippen molar-refractivity contribution in [1.29, 1.82) is 0 Å². The molecule has 1 aliphatic heterocycles. The third kappa shape index (κ3) is 3.97. The number of hydrogen-bond acceptors (Lipinski definition) is 6. The van der Waals surface area contributed by atoms with Crippen molar-refractivity contribution in [3.8, 4) is 0 Å². The maximum atomic E-state index is 12.6. The summed E-state index contributed by atoms with van der Waals surface area (Å²) in [6, 6.07) is 8.18. The molecule has 1 aromatic carbocycles. The van der Waals surface area contributed by atoms with E-state index >= 15 is 0 Å². The molecule has 4 rings (SSSR count). The fourth-order valence-electron chi connectivity index (χ4n) is 4.06. The van der Waals surface area contributed by atoms with Gasteiger partial charge in [0.2, 0.25) is 0 Å². The van der Waals surface area contributed by atoms with Gasteiger partial charge in [0.15, 0.2) is 5.69 Å². The maximum absolute atomic E-state index is 12.6. The molecule has 0 N–H and O–H groups in total. The fourth-order valence-corrected chi connectivity index (χ4v) is 4.06. The van der Waals surface area contributed by atoms with Gasteiger partial charge in [-0.25, -0.2) is 9.78 Å². The third-order valence-electron chi connectivity index (χ3n) is 5.69. The highest BCUT2D eigenvalue weighted by atomic mass is 16.5. The number of hydrogen-bond donors (Lipinski definition) is 0. The van der Waals surface area contributed by atoms with Gasteiger partial charge in [-0.05, 0) is 33.2 Å². The minimum Gasteiger partial charge on any atom is -0.461 e. The van der Waals surface area contributed by atoms with E-state index in [1.807, 2.05) is 43.9 Å². The van der Waals surface area contributed by atoms with Gasteiger partial charge >= 0.3 is 5.97 Å². The van der Waals surface area contributed by atoms with Crippen LogP contribution in [-0.4, -0.2) is 68.9 Å². The van der Waals surface area contributed by atoms with Gasteiger partial charge < -0.3 is 14.2 Å². The van der Waals surface area contributed by atoms with E-state index in [-0.39, 0.29) is 5.97 Å². The lowest BCUT2D eigenvalue weighted by molar-refractivity contribution is 0.0515. The number of carbonyl (C=O) groups is 1. The van der Waals surface area contributed by atoms with Crippen LogP contribution in [0.15, 0.2) is 24.3 Å². The molecule has 0 unspecified atom stereocenters. The number of nitrogens with zero attached hydrogens (tertiary/aromatic N) is 6. The molecule has 0 bridgehead atoms. The van der Waals surface area contributed by atoms with E-state index < -0.39 is 0 Å². The molecule has 3 heterocycles. The molecule has 0 spiro atoms. The Kier molecular flexibility index (Phi) is 5.87. The van der Waals surface area contributed by atoms with Crippen LogP contribution in [0.25, 0.3) is 11.0 Å². The lowest BCUT2D eigenvalue weighted by atomic mass is 10.0. The van der Waals surface area contributed by atoms with Gasteiger partial charge in [-0.3, -0.25) is 9.58 Å². The molecule has 0 atom stereocenters. The number of imidazole rings is 1. The topological polar surface area (TPSA) is 68.4 Å². The Balaban J connectivity index is 1.59. The highest BCUT2D eigenvalue weighted by molar-refractivity contribution is 5.89. The number of aryl methyl sites for hydroxylation is 1. The number of esters is 1. The third-order valence-corrected chi connectivity index (χ3v) is 5.69. The summed E-state index contributed by atoms with van der Waals surface area (Å²) >= 11 is 0. The first kappa shape index (κ1) is 20.6. The molecule has 0 fully saturated rings. The van der Waals surface area contributed by atoms with Gasteiger partial charge in [0, 0.05) is 44.4 Å². The van der Waals surface area contributed by atoms with Crippen molar-refractivity contribution in [2.45, 2.75) is 33.0 Å². The summed E-state index contributed by atoms with van der Waals surface area (Å²) in [5.74, 6) is 0.694. The van der Waals surface area contributed by atoms with Crippen LogP contribution in [0.3, 0.4) is 0 Å². The van der Waals surface area contributed by atoms with Crippen molar-refractivity contribution in [2.75, 3.05) is 33.8 Å². The number of benzene rings is 1. The summed E-state index contributed by atoms with van der Waals surface area (Å²) in [4.78, 5) is 21.8. The molecule has 30 heavy (non-hydrogen) atoms. The average molecular weight is 411 g/mol. The normalized spacial score (nSPS) is 14.4. The predicted octanol–water partition coefficient (Wildman–Crippen LogP) is 2.07. The Labute approximate surface area is 177 Å². The van der Waals surface area contributed by atoms with Gasteiger partial charge in [0.05, 0.1) is 30.7 Å². The van der Waals surface area contributed by atoms with Crippen LogP contribution in [0.2, 0.25) is 0 Å². The molecule has 0 saturated heterocycles. The minimum absolute atomic E-state index is 0.332. The lowest BCUT2D eigenvalue weighted by Crippen LogP contribution is -2.32. The van der Waals surface area contributed by atoms with E-state index in [4.69, 9.17) is 9.72 Å². The number of para-hydroxylation sites is 2. The molecule has 0 amide bonds. The molecule has 8 heteroatoms. The summed E-state index contributed by atoms with van der Waals surface area (Å²) in [5, 5.41) is 4.64. The van der Waals surface area contributed by atoms with Gasteiger partial charge in [-0.2, -0.15) is 5.10 Å². The first-order valence-electron chi connectivity index (χ1n) is 10.5. The first-order chi connectivity index (χ1) is 14.5. The Morgan fingerprint density at radius 2 is 2.07 bits per heavy atom. The zero-order chi connectivity index (χ0) is 21.3. The van der Waals surface area contributed by atoms with E-state index in [2.05, 4.69) is 32.6 Å². The molecule has 8 nitrogen and oxygen atoms in total. The van der Waals surface area contributed by atoms with Crippen LogP contribution >= 0.6 is 0 Å². The highest BCUT2D eigenvalue weighted by Crippen LogP contribution is 2.25. The number of carbonyl (C=O) groups excluding carboxylic acids is 1. The second-order valence-corrected chi connectivity index (χ2v) is 8.06. The van der Waals surface area contributed by atoms with Crippen LogP contribution in [-0.2, 0) is 37.8 Å². The van der Waals surface area contributed by atoms with E-state index in [0.717, 1.165) is 60.7 Å². The average Bonchev–Trinajstić information content (AvgIpc) is 3.24. The van der Waals surface area contributed by atoms with Crippen LogP contribution in [0, 0.1) is 0 Å². The number of rotatable bonds is 7. The largest absolute Gasteiger partial charge is 0.461 e. The summed E-state index contributed by atoms with van der Waals surface area (Å²) in [5.41, 5.74) is 4.75. The summed E-state index contributed by atoms with van der Waals surface area (Å²) in [7, 11) is 6.14. The minimum atomic E-state index is -0.332. The highest BCUT2D eigenvalue weighted by Gasteiger charge is 2.29. The Morgan fingerprint density at radius 1 is 1.27 bits per heavy atom. The second kappa shape index (κ2) is 8.57. The van der Waals surface area contributed by atoms with Crippen LogP contribution in [0.5, 0.6) is 0 Å². The number of likely N-dealkylation sites (N-methyl/N-ethyl adjacent to an activating group) is 1. The van der Waals surface area contributed by atoms with E-state index in [1.54, 1.807) is 0 Å². The first-order valence-corrected chi connectivity index (χ1v) is 10.5. The maximum Gasteiger partial charge on any atom is 0.359 e. The van der Waals surface area contributed by atoms with Gasteiger partial charge in [0.1, 0.15) is 5.82 Å². The van der Waals surface area contributed by atoms with Gasteiger partial charge in [0.25, 0.3) is 0 Å². The zero-order valence-corrected chi connectivity index (χ0v) is 18.3. The predicted molar refractivity (Wildman–Crippen MR) is 115 cm³/mol. The Morgan fingerprint density at radius 3 is 2.80 bits per heavy atom. The van der Waals surface area contributed by atoms with E-state index in [0.29, 0.717) is 18.8 Å². The standard InChI is InChI=1S/C22H30N6O2/c1-5-30-22(29)21-16-14-27(11-10-18(16)28(24-21)13-12-25(2)3)15-20-23-17-8-6-7-9-19(17)26(20)4/h6-9H,5,10-15H2,1-4H3. The molecule has 0 aliphatic carbocycles. The fraction of sp³-hybridized carbons (Fsp3) is 0.500. The molecule has 160 valence electrons. The second-order valence-electron chi connectivity index (χ2n) is 8.06. The zero-order valence-electron chi connectivity index (χ0n) is 18.3. The van der Waals surface area contributed by atoms with Crippen LogP contribution < -0.4 is 0 Å². The molecule has 3 aromatic rings. The molecule has 0 saturated carbocycles. The van der Waals surface area contributed by atoms with Crippen molar-refractivity contribution >= 4 is 17.0 Å². The smallest absolute Gasteiger partial charge is 0.359 e. The molecule has 1 aliphatic rings. The molecule has 0 radical (unpaired) electrons. The number of fused-ring (bicyclic) bond motifs is 2. The Bertz CT molecular complexity index is 1050. The summed E-state index contributed by atoms with van der Waals surface area (Å²) in [6.45, 7) is 6.13. The van der Waals surface area contributed by atoms with Crippen molar-refractivity contribution in [1.82, 2.24) is 29.1 Å². The van der Waals surface area contributed by atoms with Crippen molar-refractivity contribution in [3.05, 3.63) is 47.0 Å². The SMILES string of the molecule is CCOC(=O)c1nn(CCN(C)C)c2c1CN(Cc1nc3ccccc3n1C)CC2. The van der Waals surface area contributed by atoms with E-state index in [9.17, 15) is 4.79 Å². The summed E-state index contributed by atoms with van der Waals surface area (Å²) < 4.78 is 9.43. The number of ether oxygens (including phenoxy) is 1. The Hall–Kier alpha value is -2.71. The van der Waals surface area contributed by atoms with Gasteiger partial charge in [-0.1, -0.05) is 12.1 Å². The number of aromatic nitrogens is 4. The molecular formula is C22H30N6O2. The van der Waals surface area contributed by atoms with Crippen molar-refractivity contribution < 1.29 is 9.53 Å². The monoisotopic (exact) mass is 410 g/mol. The summed E-state index contributed by atoms with van der Waals surface area (Å²) in [6.07, 6.45) is 0.860. The van der Waals surface area contributed by atoms with Crippen LogP contribution in [0.4, 0.5) is 0 Å². The molecule has 2 aromatic heterocycles. The lowest BCUT2D eigenvalue weighted by Gasteiger charge is -2.27.